The van der Waals surface area contributed by atoms with Crippen LogP contribution in [-0.4, -0.2) is 9.97 Å². The van der Waals surface area contributed by atoms with Crippen molar-refractivity contribution < 1.29 is 0 Å². The molecule has 0 saturated carbocycles. The van der Waals surface area contributed by atoms with Crippen molar-refractivity contribution >= 4 is 21.7 Å². The van der Waals surface area contributed by atoms with Gasteiger partial charge in [0.15, 0.2) is 0 Å². The number of nitrogens with two attached hydrogens (primary N) is 1. The molecule has 0 fully saturated rings. The molecule has 1 aromatic heterocycles. The zero-order chi connectivity index (χ0) is 12.4. The average molecular weight is 292 g/mol. The lowest BCUT2D eigenvalue weighted by Crippen LogP contribution is -2.04. The summed E-state index contributed by atoms with van der Waals surface area (Å²) in [7, 11) is 0. The second-order valence-corrected chi connectivity index (χ2v) is 4.82. The number of nitrogens with zero attached hydrogens (tertiary/aromatic N) is 2. The Morgan fingerprint density at radius 2 is 1.88 bits per heavy atom. The molecule has 1 heterocycles. The third-order valence-corrected chi connectivity index (χ3v) is 3.68. The van der Waals surface area contributed by atoms with Gasteiger partial charge in [0.2, 0.25) is 0 Å². The first kappa shape index (κ1) is 12.0. The molecule has 3 nitrogen and oxygen atoms in total. The smallest absolute Gasteiger partial charge is 0.141 e. The van der Waals surface area contributed by atoms with E-state index in [1.165, 1.54) is 11.1 Å². The topological polar surface area (TPSA) is 51.8 Å². The van der Waals surface area contributed by atoms with E-state index in [9.17, 15) is 0 Å². The highest BCUT2D eigenvalue weighted by Crippen LogP contribution is 2.21. The van der Waals surface area contributed by atoms with Gasteiger partial charge in [-0.15, -0.1) is 0 Å². The van der Waals surface area contributed by atoms with Crippen molar-refractivity contribution in [2.75, 3.05) is 5.73 Å². The molecule has 0 atom stereocenters. The zero-order valence-corrected chi connectivity index (χ0v) is 11.5. The number of rotatable bonds is 2. The average Bonchev–Trinajstić information content (AvgIpc) is 2.29. The van der Waals surface area contributed by atoms with Gasteiger partial charge in [-0.05, 0) is 40.9 Å². The lowest BCUT2D eigenvalue weighted by molar-refractivity contribution is 0.935. The summed E-state index contributed by atoms with van der Waals surface area (Å²) in [5, 5.41) is 0. The van der Waals surface area contributed by atoms with E-state index in [0.717, 1.165) is 16.0 Å². The normalized spacial score (nSPS) is 10.5. The fraction of sp³-hybridized carbons (Fsp3) is 0.231. The highest BCUT2D eigenvalue weighted by Gasteiger charge is 2.08. The second kappa shape index (κ2) is 4.84. The van der Waals surface area contributed by atoms with Crippen molar-refractivity contribution in [3.63, 3.8) is 0 Å². The van der Waals surface area contributed by atoms with Crippen LogP contribution in [0.5, 0.6) is 0 Å². The zero-order valence-electron chi connectivity index (χ0n) is 9.87. The van der Waals surface area contributed by atoms with Crippen LogP contribution in [0.25, 0.3) is 0 Å². The van der Waals surface area contributed by atoms with E-state index in [0.29, 0.717) is 12.2 Å². The maximum absolute atomic E-state index is 5.82. The van der Waals surface area contributed by atoms with Crippen molar-refractivity contribution in [3.05, 3.63) is 51.4 Å². The Kier molecular flexibility index (Phi) is 3.43. The summed E-state index contributed by atoms with van der Waals surface area (Å²) in [4.78, 5) is 8.72. The van der Waals surface area contributed by atoms with Crippen molar-refractivity contribution in [2.45, 2.75) is 20.3 Å². The fourth-order valence-electron chi connectivity index (χ4n) is 1.70. The predicted octanol–water partition coefficient (Wildman–Crippen LogP) is 3.03. The molecule has 4 heteroatoms. The number of hydrogen-bond donors (Lipinski definition) is 1. The highest BCUT2D eigenvalue weighted by atomic mass is 79.9. The second-order valence-electron chi connectivity index (χ2n) is 4.03. The summed E-state index contributed by atoms with van der Waals surface area (Å²) in [5.74, 6) is 1.26. The summed E-state index contributed by atoms with van der Waals surface area (Å²) in [6.07, 6.45) is 0.713. The molecule has 0 spiro atoms. The van der Waals surface area contributed by atoms with Crippen molar-refractivity contribution in [3.8, 4) is 0 Å². The van der Waals surface area contributed by atoms with E-state index in [1.807, 2.05) is 19.1 Å². The van der Waals surface area contributed by atoms with Gasteiger partial charge in [-0.25, -0.2) is 9.97 Å². The molecule has 2 N–H and O–H groups in total. The molecule has 0 aliphatic heterocycles. The van der Waals surface area contributed by atoms with Crippen LogP contribution in [-0.2, 0) is 6.42 Å². The van der Waals surface area contributed by atoms with Gasteiger partial charge in [0.1, 0.15) is 11.6 Å². The molecule has 0 radical (unpaired) electrons. The Morgan fingerprint density at radius 1 is 1.18 bits per heavy atom. The molecule has 88 valence electrons. The minimum absolute atomic E-state index is 0.501. The van der Waals surface area contributed by atoms with Crippen LogP contribution < -0.4 is 5.73 Å². The first-order valence-corrected chi connectivity index (χ1v) is 6.20. The molecular weight excluding hydrogens is 278 g/mol. The van der Waals surface area contributed by atoms with Gasteiger partial charge in [0.25, 0.3) is 0 Å². The minimum atomic E-state index is 0.501. The number of anilines is 1. The van der Waals surface area contributed by atoms with Gasteiger partial charge in [-0.2, -0.15) is 0 Å². The maximum Gasteiger partial charge on any atom is 0.141 e. The van der Waals surface area contributed by atoms with Crippen LogP contribution in [0.15, 0.2) is 28.7 Å². The number of benzene rings is 1. The van der Waals surface area contributed by atoms with Gasteiger partial charge in [0.05, 0.1) is 10.2 Å². The van der Waals surface area contributed by atoms with Gasteiger partial charge in [0, 0.05) is 6.42 Å². The number of halogens is 1. The van der Waals surface area contributed by atoms with E-state index in [-0.39, 0.29) is 0 Å². The van der Waals surface area contributed by atoms with Crippen molar-refractivity contribution in [1.29, 1.82) is 0 Å². The Bertz CT molecular complexity index is 529. The lowest BCUT2D eigenvalue weighted by atomic mass is 10.1. The number of nitrogen functional groups attached to an aromatic ring is 1. The van der Waals surface area contributed by atoms with Crippen molar-refractivity contribution in [2.24, 2.45) is 0 Å². The summed E-state index contributed by atoms with van der Waals surface area (Å²) in [5.41, 5.74) is 9.17. The van der Waals surface area contributed by atoms with Crippen LogP contribution >= 0.6 is 15.9 Å². The Hall–Kier alpha value is -1.42. The quantitative estimate of drug-likeness (QED) is 0.925. The summed E-state index contributed by atoms with van der Waals surface area (Å²) in [6, 6.07) is 8.23. The largest absolute Gasteiger partial charge is 0.383 e. The molecule has 0 amide bonds. The number of aryl methyl sites for hydroxylation is 2. The number of hydrogen-bond acceptors (Lipinski definition) is 3. The monoisotopic (exact) mass is 291 g/mol. The summed E-state index contributed by atoms with van der Waals surface area (Å²) < 4.78 is 0.783. The first-order valence-electron chi connectivity index (χ1n) is 5.41. The Morgan fingerprint density at radius 3 is 2.53 bits per heavy atom. The third-order valence-electron chi connectivity index (χ3n) is 2.70. The summed E-state index contributed by atoms with van der Waals surface area (Å²) >= 11 is 3.36. The van der Waals surface area contributed by atoms with Crippen LogP contribution in [0.2, 0.25) is 0 Å². The SMILES string of the molecule is Cc1ccccc1Cc1nc(C)c(Br)c(N)n1. The van der Waals surface area contributed by atoms with Gasteiger partial charge in [-0.1, -0.05) is 24.3 Å². The van der Waals surface area contributed by atoms with Gasteiger partial charge in [-0.3, -0.25) is 0 Å². The van der Waals surface area contributed by atoms with Crippen LogP contribution in [0.1, 0.15) is 22.6 Å². The predicted molar refractivity (Wildman–Crippen MR) is 72.9 cm³/mol. The van der Waals surface area contributed by atoms with Crippen molar-refractivity contribution in [1.82, 2.24) is 9.97 Å². The lowest BCUT2D eigenvalue weighted by Gasteiger charge is -2.07. The molecule has 2 rings (SSSR count). The van der Waals surface area contributed by atoms with Gasteiger partial charge >= 0.3 is 0 Å². The van der Waals surface area contributed by atoms with E-state index in [4.69, 9.17) is 5.73 Å². The molecule has 17 heavy (non-hydrogen) atoms. The van der Waals surface area contributed by atoms with Crippen LogP contribution in [0.3, 0.4) is 0 Å². The maximum atomic E-state index is 5.82. The highest BCUT2D eigenvalue weighted by molar-refractivity contribution is 9.10. The third kappa shape index (κ3) is 2.64. The number of aromatic nitrogens is 2. The first-order chi connectivity index (χ1) is 8.08. The molecule has 0 unspecified atom stereocenters. The van der Waals surface area contributed by atoms with Crippen LogP contribution in [0, 0.1) is 13.8 Å². The molecule has 0 aliphatic rings. The van der Waals surface area contributed by atoms with E-state index < -0.39 is 0 Å². The molecule has 1 aromatic carbocycles. The van der Waals surface area contributed by atoms with Crippen LogP contribution in [0.4, 0.5) is 5.82 Å². The summed E-state index contributed by atoms with van der Waals surface area (Å²) in [6.45, 7) is 4.01. The molecular formula is C13H14BrN3. The molecule has 0 bridgehead atoms. The van der Waals surface area contributed by atoms with Gasteiger partial charge < -0.3 is 5.73 Å². The molecule has 0 aliphatic carbocycles. The molecule has 2 aromatic rings. The molecule has 0 saturated heterocycles. The Balaban J connectivity index is 2.34. The Labute approximate surface area is 109 Å². The van der Waals surface area contributed by atoms with E-state index >= 15 is 0 Å². The minimum Gasteiger partial charge on any atom is -0.383 e. The van der Waals surface area contributed by atoms with E-state index in [1.54, 1.807) is 0 Å². The standard InChI is InChI=1S/C13H14BrN3/c1-8-5-3-4-6-10(8)7-11-16-9(2)12(14)13(15)17-11/h3-6H,7H2,1-2H3,(H2,15,16,17). The van der Waals surface area contributed by atoms with E-state index in [2.05, 4.69) is 45.0 Å². The fourth-order valence-corrected chi connectivity index (χ4v) is 1.88.